The standard InChI is InChI=1S/C32H29F3N6O4S/c1-46(44,45)39-26-7-6-21(17-38-26)27-22-5-3-2-4-20(22)16-37-24(27)19-41-25-18-36-13-8-23(25)30(28(41)42)11-14-40(15-12-30)29(43)31(9-10-31)32(33,34)35/h2-8,13,16-18H,9-12,14-15,19H2,1H3,(H,38,39). The molecule has 2 aliphatic heterocycles. The van der Waals surface area contributed by atoms with Crippen molar-refractivity contribution in [2.24, 2.45) is 5.41 Å². The maximum Gasteiger partial charge on any atom is 0.403 e. The Kier molecular flexibility index (Phi) is 6.85. The molecule has 0 radical (unpaired) electrons. The summed E-state index contributed by atoms with van der Waals surface area (Å²) >= 11 is 0. The van der Waals surface area contributed by atoms with Gasteiger partial charge >= 0.3 is 6.18 Å². The largest absolute Gasteiger partial charge is 0.403 e. The lowest BCUT2D eigenvalue weighted by Crippen LogP contribution is -2.53. The number of nitrogens with one attached hydrogen (secondary N) is 1. The van der Waals surface area contributed by atoms with Crippen molar-refractivity contribution in [3.8, 4) is 11.1 Å². The van der Waals surface area contributed by atoms with Gasteiger partial charge in [-0.05, 0) is 54.8 Å². The molecule has 0 unspecified atom stereocenters. The molecule has 1 spiro atoms. The first-order valence-corrected chi connectivity index (χ1v) is 16.7. The molecule has 7 rings (SSSR count). The van der Waals surface area contributed by atoms with Crippen LogP contribution in [0.1, 0.15) is 36.9 Å². The first kappa shape index (κ1) is 30.1. The number of rotatable bonds is 6. The van der Waals surface area contributed by atoms with Crippen LogP contribution in [-0.2, 0) is 31.6 Å². The number of amides is 2. The third-order valence-corrected chi connectivity index (χ3v) is 9.98. The minimum absolute atomic E-state index is 0.0387. The Morgan fingerprint density at radius 3 is 2.37 bits per heavy atom. The molecular formula is C32H29F3N6O4S. The van der Waals surface area contributed by atoms with Gasteiger partial charge in [0.05, 0.1) is 35.8 Å². The molecule has 3 aromatic heterocycles. The second-order valence-corrected chi connectivity index (χ2v) is 14.0. The topological polar surface area (TPSA) is 125 Å². The Hall–Kier alpha value is -4.59. The van der Waals surface area contributed by atoms with E-state index >= 15 is 0 Å². The maximum atomic E-state index is 14.4. The van der Waals surface area contributed by atoms with Gasteiger partial charge in [0.1, 0.15) is 11.2 Å². The lowest BCUT2D eigenvalue weighted by atomic mass is 9.73. The number of hydrogen-bond donors (Lipinski definition) is 1. The van der Waals surface area contributed by atoms with Crippen LogP contribution in [0.5, 0.6) is 0 Å². The molecule has 10 nitrogen and oxygen atoms in total. The fourth-order valence-electron chi connectivity index (χ4n) is 6.86. The summed E-state index contributed by atoms with van der Waals surface area (Å²) in [7, 11) is -3.53. The van der Waals surface area contributed by atoms with Crippen LogP contribution in [0.2, 0.25) is 0 Å². The number of likely N-dealkylation sites (tertiary alicyclic amines) is 1. The van der Waals surface area contributed by atoms with Gasteiger partial charge in [0.15, 0.2) is 0 Å². The fraction of sp³-hybridized carbons (Fsp3) is 0.344. The predicted molar refractivity (Wildman–Crippen MR) is 164 cm³/mol. The number of piperidine rings is 1. The highest BCUT2D eigenvalue weighted by Crippen LogP contribution is 2.59. The second kappa shape index (κ2) is 10.5. The monoisotopic (exact) mass is 650 g/mol. The lowest BCUT2D eigenvalue weighted by Gasteiger charge is -2.40. The van der Waals surface area contributed by atoms with Crippen molar-refractivity contribution in [1.29, 1.82) is 0 Å². The normalized spacial score (nSPS) is 18.6. The third kappa shape index (κ3) is 4.86. The summed E-state index contributed by atoms with van der Waals surface area (Å²) in [4.78, 5) is 43.6. The van der Waals surface area contributed by atoms with Crippen LogP contribution < -0.4 is 9.62 Å². The second-order valence-electron chi connectivity index (χ2n) is 12.2. The Bertz CT molecular complexity index is 1990. The SMILES string of the molecule is CS(=O)(=O)Nc1ccc(-c2c(CN3C(=O)C4(CCN(C(=O)C5(C(F)(F)F)CC5)CC4)c4ccncc43)ncc3ccccc23)cn1. The van der Waals surface area contributed by atoms with Crippen LogP contribution >= 0.6 is 0 Å². The van der Waals surface area contributed by atoms with Crippen LogP contribution in [0.3, 0.4) is 0 Å². The van der Waals surface area contributed by atoms with E-state index in [4.69, 9.17) is 4.98 Å². The number of carbonyl (C=O) groups is 2. The van der Waals surface area contributed by atoms with E-state index in [1.54, 1.807) is 47.9 Å². The highest BCUT2D eigenvalue weighted by atomic mass is 32.2. The van der Waals surface area contributed by atoms with Gasteiger partial charge in [-0.1, -0.05) is 24.3 Å². The number of pyridine rings is 3. The van der Waals surface area contributed by atoms with Gasteiger partial charge in [0.2, 0.25) is 21.8 Å². The summed E-state index contributed by atoms with van der Waals surface area (Å²) in [5.74, 6) is -0.958. The number of halogens is 3. The van der Waals surface area contributed by atoms with Crippen molar-refractivity contribution < 1.29 is 31.2 Å². The zero-order chi connectivity index (χ0) is 32.5. The number of fused-ring (bicyclic) bond motifs is 3. The quantitative estimate of drug-likeness (QED) is 0.318. The van der Waals surface area contributed by atoms with Crippen LogP contribution in [0, 0.1) is 5.41 Å². The number of sulfonamides is 1. The third-order valence-electron chi connectivity index (χ3n) is 9.40. The highest BCUT2D eigenvalue weighted by Gasteiger charge is 2.69. The number of aromatic nitrogens is 3. The molecule has 238 valence electrons. The summed E-state index contributed by atoms with van der Waals surface area (Å²) in [6, 6.07) is 12.7. The van der Waals surface area contributed by atoms with Gasteiger partial charge in [-0.15, -0.1) is 0 Å². The van der Waals surface area contributed by atoms with Crippen molar-refractivity contribution in [2.45, 2.75) is 43.8 Å². The number of carbonyl (C=O) groups excluding carboxylic acids is 2. The number of anilines is 2. The average Bonchev–Trinajstić information content (AvgIpc) is 3.82. The van der Waals surface area contributed by atoms with E-state index in [0.717, 1.165) is 28.2 Å². The van der Waals surface area contributed by atoms with E-state index in [9.17, 15) is 31.2 Å². The molecule has 1 aromatic carbocycles. The van der Waals surface area contributed by atoms with Gasteiger partial charge in [-0.3, -0.25) is 24.3 Å². The molecule has 0 bridgehead atoms. The Morgan fingerprint density at radius 2 is 1.72 bits per heavy atom. The summed E-state index contributed by atoms with van der Waals surface area (Å²) in [5, 5.41) is 1.71. The molecule has 3 aliphatic rings. The molecule has 1 saturated carbocycles. The average molecular weight is 651 g/mol. The van der Waals surface area contributed by atoms with Crippen LogP contribution in [-0.4, -0.2) is 65.6 Å². The zero-order valence-electron chi connectivity index (χ0n) is 24.7. The van der Waals surface area contributed by atoms with E-state index < -0.39 is 32.9 Å². The summed E-state index contributed by atoms with van der Waals surface area (Å²) in [5.41, 5.74) is -0.0316. The van der Waals surface area contributed by atoms with Crippen LogP contribution in [0.25, 0.3) is 21.9 Å². The Morgan fingerprint density at radius 1 is 0.978 bits per heavy atom. The van der Waals surface area contributed by atoms with Gasteiger partial charge < -0.3 is 9.80 Å². The van der Waals surface area contributed by atoms with Crippen molar-refractivity contribution in [2.75, 3.05) is 29.0 Å². The molecule has 1 aliphatic carbocycles. The van der Waals surface area contributed by atoms with Gasteiger partial charge in [-0.2, -0.15) is 13.2 Å². The van der Waals surface area contributed by atoms with Gasteiger partial charge in [0, 0.05) is 48.2 Å². The predicted octanol–water partition coefficient (Wildman–Crippen LogP) is 4.81. The fourth-order valence-corrected chi connectivity index (χ4v) is 7.36. The van der Waals surface area contributed by atoms with E-state index in [-0.39, 0.29) is 57.0 Å². The summed E-state index contributed by atoms with van der Waals surface area (Å²) in [6.07, 6.45) is 2.88. The Balaban J connectivity index is 1.22. The molecule has 1 N–H and O–H groups in total. The molecule has 1 saturated heterocycles. The number of benzene rings is 1. The van der Waals surface area contributed by atoms with Crippen molar-refractivity contribution in [3.63, 3.8) is 0 Å². The molecule has 2 amide bonds. The number of hydrogen-bond acceptors (Lipinski definition) is 7. The lowest BCUT2D eigenvalue weighted by molar-refractivity contribution is -0.199. The molecule has 14 heteroatoms. The molecule has 5 heterocycles. The highest BCUT2D eigenvalue weighted by molar-refractivity contribution is 7.92. The molecule has 46 heavy (non-hydrogen) atoms. The first-order chi connectivity index (χ1) is 21.8. The number of alkyl halides is 3. The number of nitrogens with zero attached hydrogens (tertiary/aromatic N) is 5. The minimum Gasteiger partial charge on any atom is -0.342 e. The zero-order valence-corrected chi connectivity index (χ0v) is 25.5. The van der Waals surface area contributed by atoms with Gasteiger partial charge in [-0.25, -0.2) is 13.4 Å². The summed E-state index contributed by atoms with van der Waals surface area (Å²) in [6.45, 7) is 0.149. The van der Waals surface area contributed by atoms with E-state index in [2.05, 4.69) is 14.7 Å². The Labute approximate surface area is 262 Å². The molecule has 2 fully saturated rings. The molecule has 4 aromatic rings. The van der Waals surface area contributed by atoms with E-state index in [1.165, 1.54) is 4.90 Å². The van der Waals surface area contributed by atoms with Crippen molar-refractivity contribution in [1.82, 2.24) is 19.9 Å². The van der Waals surface area contributed by atoms with E-state index in [1.807, 2.05) is 24.3 Å². The van der Waals surface area contributed by atoms with Gasteiger partial charge in [0.25, 0.3) is 0 Å². The molecular weight excluding hydrogens is 621 g/mol. The first-order valence-electron chi connectivity index (χ1n) is 14.8. The maximum absolute atomic E-state index is 14.4. The molecule has 0 atom stereocenters. The van der Waals surface area contributed by atoms with Crippen molar-refractivity contribution >= 4 is 44.1 Å². The smallest absolute Gasteiger partial charge is 0.342 e. The van der Waals surface area contributed by atoms with Crippen LogP contribution in [0.15, 0.2) is 67.3 Å². The van der Waals surface area contributed by atoms with Crippen molar-refractivity contribution in [3.05, 3.63) is 78.5 Å². The van der Waals surface area contributed by atoms with Crippen LogP contribution in [0.4, 0.5) is 24.7 Å². The van der Waals surface area contributed by atoms with E-state index in [0.29, 0.717) is 16.9 Å². The minimum atomic E-state index is -4.60. The summed E-state index contributed by atoms with van der Waals surface area (Å²) < 4.78 is 66.9.